The summed E-state index contributed by atoms with van der Waals surface area (Å²) in [4.78, 5) is 52.4. The molecular formula is C29H32ClF3N10O5. The van der Waals surface area contributed by atoms with E-state index < -0.39 is 30.2 Å². The number of urea groups is 1. The highest BCUT2D eigenvalue weighted by atomic mass is 35.5. The normalized spacial score (nSPS) is 18.5. The van der Waals surface area contributed by atoms with Crippen molar-refractivity contribution in [1.82, 2.24) is 34.9 Å². The van der Waals surface area contributed by atoms with Crippen LogP contribution in [-0.2, 0) is 24.6 Å². The van der Waals surface area contributed by atoms with Crippen molar-refractivity contribution in [3.63, 3.8) is 0 Å². The average molecular weight is 693 g/mol. The third-order valence-corrected chi connectivity index (χ3v) is 8.22. The van der Waals surface area contributed by atoms with Crippen LogP contribution in [0, 0.1) is 17.2 Å². The lowest BCUT2D eigenvalue weighted by atomic mass is 9.86. The predicted molar refractivity (Wildman–Crippen MR) is 165 cm³/mol. The van der Waals surface area contributed by atoms with E-state index in [1.165, 1.54) is 29.8 Å². The van der Waals surface area contributed by atoms with Gasteiger partial charge in [-0.1, -0.05) is 11.6 Å². The maximum atomic E-state index is 13.6. The first kappa shape index (κ1) is 35.7. The summed E-state index contributed by atoms with van der Waals surface area (Å²) in [5.74, 6) is -1.02. The number of imidazole rings is 1. The lowest BCUT2D eigenvalue weighted by Crippen LogP contribution is -2.55. The molecule has 1 aliphatic heterocycles. The number of carbonyl (C=O) groups is 4. The van der Waals surface area contributed by atoms with Crippen LogP contribution in [0.1, 0.15) is 45.9 Å². The molecule has 1 aromatic carbocycles. The Labute approximate surface area is 276 Å². The van der Waals surface area contributed by atoms with E-state index in [1.807, 2.05) is 0 Å². The molecule has 2 fully saturated rings. The van der Waals surface area contributed by atoms with Crippen molar-refractivity contribution in [1.29, 1.82) is 5.26 Å². The molecule has 3 heterocycles. The van der Waals surface area contributed by atoms with Gasteiger partial charge in [-0.3, -0.25) is 19.1 Å². The number of carbonyl (C=O) groups excluding carboxylic acids is 3. The maximum Gasteiger partial charge on any atom is 0.435 e. The second kappa shape index (κ2) is 15.2. The van der Waals surface area contributed by atoms with E-state index in [2.05, 4.69) is 26.0 Å². The van der Waals surface area contributed by atoms with Crippen LogP contribution in [0.3, 0.4) is 0 Å². The smallest absolute Gasteiger partial charge is 0.435 e. The molecule has 256 valence electrons. The van der Waals surface area contributed by atoms with E-state index in [4.69, 9.17) is 32.5 Å². The third kappa shape index (κ3) is 8.22. The van der Waals surface area contributed by atoms with Crippen LogP contribution in [0.5, 0.6) is 0 Å². The van der Waals surface area contributed by atoms with E-state index in [1.54, 1.807) is 11.0 Å². The number of amides is 4. The SMILES string of the molecule is Cn1c(-c2cn(CC#N)nc2C(F)(F)F)cnc1C(=O)Nc1ccc(C(=O)NC2CC(NC(=O)N3CCC(CN)C3)C2)c(Cl)c1.O=CO. The summed E-state index contributed by atoms with van der Waals surface area (Å²) in [7, 11) is 1.37. The Bertz CT molecular complexity index is 1710. The summed E-state index contributed by atoms with van der Waals surface area (Å²) in [6, 6.07) is 5.70. The molecule has 1 saturated carbocycles. The number of alkyl halides is 3. The van der Waals surface area contributed by atoms with Gasteiger partial charge in [-0.15, -0.1) is 0 Å². The zero-order valence-corrected chi connectivity index (χ0v) is 26.3. The Balaban J connectivity index is 0.00000167. The van der Waals surface area contributed by atoms with Crippen LogP contribution >= 0.6 is 11.6 Å². The number of nitriles is 1. The Morgan fingerprint density at radius 3 is 2.50 bits per heavy atom. The third-order valence-electron chi connectivity index (χ3n) is 7.91. The van der Waals surface area contributed by atoms with Gasteiger partial charge in [0.15, 0.2) is 11.5 Å². The van der Waals surface area contributed by atoms with Gasteiger partial charge in [-0.25, -0.2) is 9.78 Å². The maximum absolute atomic E-state index is 13.6. The Morgan fingerprint density at radius 2 is 1.90 bits per heavy atom. The quantitative estimate of drug-likeness (QED) is 0.219. The Morgan fingerprint density at radius 1 is 1.21 bits per heavy atom. The second-order valence-corrected chi connectivity index (χ2v) is 11.6. The van der Waals surface area contributed by atoms with Crippen LogP contribution in [0.15, 0.2) is 30.6 Å². The number of anilines is 1. The highest BCUT2D eigenvalue weighted by Gasteiger charge is 2.39. The van der Waals surface area contributed by atoms with Crippen molar-refractivity contribution < 1.29 is 37.5 Å². The first-order chi connectivity index (χ1) is 22.8. The number of hydrogen-bond donors (Lipinski definition) is 5. The lowest BCUT2D eigenvalue weighted by molar-refractivity contribution is -0.141. The van der Waals surface area contributed by atoms with Gasteiger partial charge in [0.1, 0.15) is 6.54 Å². The van der Waals surface area contributed by atoms with Crippen molar-refractivity contribution >= 4 is 41.6 Å². The molecular weight excluding hydrogens is 661 g/mol. The number of nitrogens with one attached hydrogen (secondary N) is 3. The molecule has 2 aliphatic rings. The number of carboxylic acid groups (broad SMARTS) is 1. The fourth-order valence-electron chi connectivity index (χ4n) is 5.40. The molecule has 1 atom stereocenters. The summed E-state index contributed by atoms with van der Waals surface area (Å²) in [6.07, 6.45) is -0.575. The molecule has 48 heavy (non-hydrogen) atoms. The minimum atomic E-state index is -4.80. The van der Waals surface area contributed by atoms with Crippen molar-refractivity contribution in [2.24, 2.45) is 18.7 Å². The summed E-state index contributed by atoms with van der Waals surface area (Å²) in [5.41, 5.74) is 4.53. The number of aromatic nitrogens is 4. The van der Waals surface area contributed by atoms with Crippen LogP contribution in [-0.4, -0.2) is 85.4 Å². The fraction of sp³-hybridized carbons (Fsp3) is 0.414. The van der Waals surface area contributed by atoms with Gasteiger partial charge in [-0.2, -0.15) is 23.5 Å². The monoisotopic (exact) mass is 692 g/mol. The fourth-order valence-corrected chi connectivity index (χ4v) is 5.66. The van der Waals surface area contributed by atoms with Crippen molar-refractivity contribution in [2.75, 3.05) is 25.0 Å². The average Bonchev–Trinajstić information content (AvgIpc) is 3.75. The molecule has 1 unspecified atom stereocenters. The molecule has 6 N–H and O–H groups in total. The van der Waals surface area contributed by atoms with E-state index >= 15 is 0 Å². The zero-order valence-electron chi connectivity index (χ0n) is 25.5. The molecule has 19 heteroatoms. The first-order valence-corrected chi connectivity index (χ1v) is 15.0. The van der Waals surface area contributed by atoms with E-state index in [0.29, 0.717) is 38.4 Å². The molecule has 2 aromatic heterocycles. The summed E-state index contributed by atoms with van der Waals surface area (Å²) in [5, 5.41) is 27.7. The number of halogens is 4. The van der Waals surface area contributed by atoms with Gasteiger partial charge in [0.05, 0.1) is 34.1 Å². The first-order valence-electron chi connectivity index (χ1n) is 14.6. The Hall–Kier alpha value is -5.15. The number of rotatable bonds is 8. The van der Waals surface area contributed by atoms with Gasteiger partial charge in [0.25, 0.3) is 18.3 Å². The molecule has 0 bridgehead atoms. The van der Waals surface area contributed by atoms with Crippen molar-refractivity contribution in [2.45, 2.75) is 44.1 Å². The van der Waals surface area contributed by atoms with E-state index in [9.17, 15) is 27.6 Å². The van der Waals surface area contributed by atoms with E-state index in [0.717, 1.165) is 23.5 Å². The van der Waals surface area contributed by atoms with Gasteiger partial charge in [-0.05, 0) is 49.9 Å². The number of likely N-dealkylation sites (tertiary alicyclic amines) is 1. The van der Waals surface area contributed by atoms with Gasteiger partial charge >= 0.3 is 12.2 Å². The molecule has 1 aliphatic carbocycles. The molecule has 5 rings (SSSR count). The highest BCUT2D eigenvalue weighted by Crippen LogP contribution is 2.36. The minimum Gasteiger partial charge on any atom is -0.483 e. The zero-order chi connectivity index (χ0) is 35.2. The number of benzene rings is 1. The van der Waals surface area contributed by atoms with Crippen LogP contribution < -0.4 is 21.7 Å². The molecule has 0 radical (unpaired) electrons. The second-order valence-electron chi connectivity index (χ2n) is 11.1. The van der Waals surface area contributed by atoms with Crippen LogP contribution in [0.2, 0.25) is 5.02 Å². The molecule has 1 saturated heterocycles. The van der Waals surface area contributed by atoms with Gasteiger partial charge in [0.2, 0.25) is 0 Å². The summed E-state index contributed by atoms with van der Waals surface area (Å²) in [6.45, 7) is 1.23. The largest absolute Gasteiger partial charge is 0.483 e. The number of nitrogens with two attached hydrogens (primary N) is 1. The highest BCUT2D eigenvalue weighted by molar-refractivity contribution is 6.34. The van der Waals surface area contributed by atoms with Crippen LogP contribution in [0.4, 0.5) is 23.7 Å². The van der Waals surface area contributed by atoms with Crippen LogP contribution in [0.25, 0.3) is 11.3 Å². The molecule has 15 nitrogen and oxygen atoms in total. The van der Waals surface area contributed by atoms with Gasteiger partial charge in [0, 0.05) is 44.1 Å². The lowest BCUT2D eigenvalue weighted by Gasteiger charge is -2.37. The standard InChI is InChI=1S/C28H30ClF3N10O3.CH2O2/c1-40-22(20-14-42(7-5-33)39-23(20)28(30,31)32)12-35-24(40)26(44)36-16-2-3-19(21(29)10-16)25(43)37-17-8-18(9-17)38-27(45)41-6-4-15(11-34)13-41;2-1-3/h2-3,10,12,14-15,17-18H,4,6-9,11,13,34H2,1H3,(H,36,44)(H,37,43)(H,38,45);1H,(H,2,3). The Kier molecular flexibility index (Phi) is 11.3. The van der Waals surface area contributed by atoms with Gasteiger partial charge < -0.3 is 36.3 Å². The number of nitrogens with zero attached hydrogens (tertiary/aromatic N) is 6. The summed E-state index contributed by atoms with van der Waals surface area (Å²) < 4.78 is 42.8. The van der Waals surface area contributed by atoms with E-state index in [-0.39, 0.29) is 57.9 Å². The van der Waals surface area contributed by atoms with Crippen molar-refractivity contribution in [3.8, 4) is 17.3 Å². The molecule has 4 amide bonds. The predicted octanol–water partition coefficient (Wildman–Crippen LogP) is 2.68. The molecule has 3 aromatic rings. The topological polar surface area (TPSA) is 213 Å². The molecule has 0 spiro atoms. The summed E-state index contributed by atoms with van der Waals surface area (Å²) >= 11 is 6.35. The minimum absolute atomic E-state index is 0.0317. The number of hydrogen-bond acceptors (Lipinski definition) is 8. The van der Waals surface area contributed by atoms with Crippen molar-refractivity contribution in [3.05, 3.63) is 52.7 Å².